The maximum Gasteiger partial charge on any atom is 0.142 e. The van der Waals surface area contributed by atoms with Crippen molar-refractivity contribution in [2.75, 3.05) is 11.6 Å². The van der Waals surface area contributed by atoms with Gasteiger partial charge < -0.3 is 11.1 Å². The van der Waals surface area contributed by atoms with Gasteiger partial charge in [0, 0.05) is 30.8 Å². The van der Waals surface area contributed by atoms with Crippen LogP contribution in [0.5, 0.6) is 0 Å². The monoisotopic (exact) mass is 208 g/mol. The normalized spacial score (nSPS) is 21.9. The molecule has 2 heterocycles. The topological polar surface area (TPSA) is 96.0 Å². The van der Waals surface area contributed by atoms with Crippen molar-refractivity contribution in [3.8, 4) is 0 Å². The van der Waals surface area contributed by atoms with Crippen molar-refractivity contribution in [1.29, 1.82) is 0 Å². The van der Waals surface area contributed by atoms with Crippen molar-refractivity contribution >= 4 is 5.82 Å². The summed E-state index contributed by atoms with van der Waals surface area (Å²) < 4.78 is 0. The van der Waals surface area contributed by atoms with Gasteiger partial charge in [-0.2, -0.15) is 5.10 Å². The van der Waals surface area contributed by atoms with E-state index in [9.17, 15) is 0 Å². The Bertz CT molecular complexity index is 355. The highest BCUT2D eigenvalue weighted by molar-refractivity contribution is 5.44. The number of nitrogens with zero attached hydrogens (tertiary/aromatic N) is 2. The number of hydrogen-bond acceptors (Lipinski definition) is 5. The maximum atomic E-state index is 5.96. The molecule has 6 N–H and O–H groups in total. The predicted molar refractivity (Wildman–Crippen MR) is 58.5 cm³/mol. The Hall–Kier alpha value is -1.53. The number of rotatable bonds is 2. The number of anilines is 1. The van der Waals surface area contributed by atoms with E-state index in [-0.39, 0.29) is 0 Å². The summed E-state index contributed by atoms with van der Waals surface area (Å²) in [7, 11) is 0. The van der Waals surface area contributed by atoms with E-state index in [1.165, 1.54) is 0 Å². The second-order valence-electron chi connectivity index (χ2n) is 3.77. The molecule has 0 amide bonds. The molecule has 1 aliphatic rings. The van der Waals surface area contributed by atoms with E-state index < -0.39 is 0 Å². The maximum absolute atomic E-state index is 5.96. The van der Waals surface area contributed by atoms with Crippen molar-refractivity contribution in [2.45, 2.75) is 19.4 Å². The molecule has 82 valence electrons. The summed E-state index contributed by atoms with van der Waals surface area (Å²) >= 11 is 0. The van der Waals surface area contributed by atoms with Crippen molar-refractivity contribution in [1.82, 2.24) is 15.5 Å². The molecular weight excluding hydrogens is 192 g/mol. The lowest BCUT2D eigenvalue weighted by molar-refractivity contribution is 0.524. The highest BCUT2D eigenvalue weighted by Gasteiger charge is 2.20. The van der Waals surface area contributed by atoms with Crippen LogP contribution in [0.3, 0.4) is 0 Å². The standard InChI is InChI=1S/C9H16N6/c1-6-4-8(7(10)5-12-6)15(11)9-2-3-13-14-9/h2-3,6,12H,4-5,10-11H2,1H3,(H,13,14). The van der Waals surface area contributed by atoms with E-state index in [1.54, 1.807) is 11.2 Å². The molecule has 0 bridgehead atoms. The predicted octanol–water partition coefficient (Wildman–Crippen LogP) is -0.358. The van der Waals surface area contributed by atoms with Gasteiger partial charge in [-0.15, -0.1) is 0 Å². The van der Waals surface area contributed by atoms with Crippen LogP contribution in [0, 0.1) is 0 Å². The van der Waals surface area contributed by atoms with Crippen molar-refractivity contribution < 1.29 is 0 Å². The number of hydrogen-bond donors (Lipinski definition) is 4. The lowest BCUT2D eigenvalue weighted by atomic mass is 10.1. The van der Waals surface area contributed by atoms with Gasteiger partial charge in [0.2, 0.25) is 0 Å². The molecule has 1 atom stereocenters. The average Bonchev–Trinajstić information content (AvgIpc) is 2.74. The minimum absolute atomic E-state index is 0.390. The molecule has 0 fully saturated rings. The van der Waals surface area contributed by atoms with Gasteiger partial charge in [0.05, 0.1) is 11.9 Å². The molecule has 0 saturated heterocycles. The fourth-order valence-electron chi connectivity index (χ4n) is 1.66. The summed E-state index contributed by atoms with van der Waals surface area (Å²) in [5.74, 6) is 6.72. The summed E-state index contributed by atoms with van der Waals surface area (Å²) in [6.07, 6.45) is 2.48. The van der Waals surface area contributed by atoms with Crippen LogP contribution in [0.15, 0.2) is 23.7 Å². The molecular formula is C9H16N6. The summed E-state index contributed by atoms with van der Waals surface area (Å²) in [5, 5.41) is 11.5. The van der Waals surface area contributed by atoms with E-state index in [0.717, 1.165) is 23.6 Å². The third-order valence-electron chi connectivity index (χ3n) is 2.55. The van der Waals surface area contributed by atoms with Crippen LogP contribution in [0.25, 0.3) is 0 Å². The molecule has 0 spiro atoms. The first-order chi connectivity index (χ1) is 7.18. The molecule has 1 unspecified atom stereocenters. The van der Waals surface area contributed by atoms with Crippen LogP contribution in [-0.2, 0) is 0 Å². The lowest BCUT2D eigenvalue weighted by Crippen LogP contribution is -2.43. The second kappa shape index (κ2) is 3.92. The Morgan fingerprint density at radius 2 is 2.40 bits per heavy atom. The molecule has 1 aliphatic heterocycles. The molecule has 6 heteroatoms. The fourth-order valence-corrected chi connectivity index (χ4v) is 1.66. The van der Waals surface area contributed by atoms with Crippen molar-refractivity contribution in [3.63, 3.8) is 0 Å². The quantitative estimate of drug-likeness (QED) is 0.393. The zero-order chi connectivity index (χ0) is 10.8. The third-order valence-corrected chi connectivity index (χ3v) is 2.55. The molecule has 0 aliphatic carbocycles. The number of hydrazine groups is 1. The Kier molecular flexibility index (Phi) is 2.61. The summed E-state index contributed by atoms with van der Waals surface area (Å²) in [5.41, 5.74) is 7.64. The number of nitrogens with one attached hydrogen (secondary N) is 2. The number of aromatic amines is 1. The Morgan fingerprint density at radius 1 is 1.60 bits per heavy atom. The van der Waals surface area contributed by atoms with Gasteiger partial charge in [0.1, 0.15) is 5.82 Å². The first-order valence-corrected chi connectivity index (χ1v) is 4.93. The van der Waals surface area contributed by atoms with E-state index in [2.05, 4.69) is 22.4 Å². The minimum Gasteiger partial charge on any atom is -0.400 e. The van der Waals surface area contributed by atoms with Gasteiger partial charge in [0.25, 0.3) is 0 Å². The molecule has 15 heavy (non-hydrogen) atoms. The van der Waals surface area contributed by atoms with Crippen LogP contribution in [0.1, 0.15) is 13.3 Å². The first kappa shape index (κ1) is 10.0. The Labute approximate surface area is 88.3 Å². The zero-order valence-corrected chi connectivity index (χ0v) is 8.70. The number of H-pyrrole nitrogens is 1. The van der Waals surface area contributed by atoms with E-state index >= 15 is 0 Å². The van der Waals surface area contributed by atoms with Gasteiger partial charge >= 0.3 is 0 Å². The summed E-state index contributed by atoms with van der Waals surface area (Å²) in [4.78, 5) is 0. The molecule has 1 aromatic rings. The van der Waals surface area contributed by atoms with E-state index in [0.29, 0.717) is 12.6 Å². The minimum atomic E-state index is 0.390. The number of aromatic nitrogens is 2. The third kappa shape index (κ3) is 1.95. The molecule has 0 saturated carbocycles. The molecule has 0 aromatic carbocycles. The highest BCUT2D eigenvalue weighted by Crippen LogP contribution is 2.19. The van der Waals surface area contributed by atoms with Gasteiger partial charge in [-0.3, -0.25) is 10.1 Å². The van der Waals surface area contributed by atoms with Gasteiger partial charge in [-0.1, -0.05) is 0 Å². The van der Waals surface area contributed by atoms with Crippen LogP contribution in [0.2, 0.25) is 0 Å². The van der Waals surface area contributed by atoms with Crippen molar-refractivity contribution in [3.05, 3.63) is 23.7 Å². The van der Waals surface area contributed by atoms with E-state index in [1.807, 2.05) is 6.07 Å². The lowest BCUT2D eigenvalue weighted by Gasteiger charge is -2.29. The van der Waals surface area contributed by atoms with Crippen molar-refractivity contribution in [2.24, 2.45) is 11.6 Å². The summed E-state index contributed by atoms with van der Waals surface area (Å²) in [6, 6.07) is 2.20. The first-order valence-electron chi connectivity index (χ1n) is 4.93. The molecule has 6 nitrogen and oxygen atoms in total. The smallest absolute Gasteiger partial charge is 0.142 e. The van der Waals surface area contributed by atoms with Gasteiger partial charge in [-0.25, -0.2) is 5.84 Å². The second-order valence-corrected chi connectivity index (χ2v) is 3.77. The molecule has 0 radical (unpaired) electrons. The Balaban J connectivity index is 2.22. The zero-order valence-electron chi connectivity index (χ0n) is 8.70. The molecule has 1 aromatic heterocycles. The average molecular weight is 208 g/mol. The highest BCUT2D eigenvalue weighted by atomic mass is 15.5. The largest absolute Gasteiger partial charge is 0.400 e. The van der Waals surface area contributed by atoms with Crippen LogP contribution in [-0.4, -0.2) is 22.8 Å². The summed E-state index contributed by atoms with van der Waals surface area (Å²) in [6.45, 7) is 2.78. The van der Waals surface area contributed by atoms with Crippen LogP contribution < -0.4 is 21.9 Å². The van der Waals surface area contributed by atoms with Gasteiger partial charge in [0.15, 0.2) is 0 Å². The molecule has 2 rings (SSSR count). The number of nitrogens with two attached hydrogens (primary N) is 2. The van der Waals surface area contributed by atoms with E-state index in [4.69, 9.17) is 11.6 Å². The van der Waals surface area contributed by atoms with Crippen LogP contribution in [0.4, 0.5) is 5.82 Å². The van der Waals surface area contributed by atoms with Gasteiger partial charge in [-0.05, 0) is 6.92 Å². The fraction of sp³-hybridized carbons (Fsp3) is 0.444. The SMILES string of the molecule is CC1CC(N(N)c2ccn[nH]2)=C(N)CN1. The van der Waals surface area contributed by atoms with Crippen LogP contribution >= 0.6 is 0 Å². The Morgan fingerprint density at radius 3 is 3.07 bits per heavy atom.